The van der Waals surface area contributed by atoms with Gasteiger partial charge in [-0.2, -0.15) is 0 Å². The Bertz CT molecular complexity index is 265. The molecule has 1 nitrogen and oxygen atoms in total. The molecule has 0 bridgehead atoms. The quantitative estimate of drug-likeness (QED) is 0.732. The molecule has 0 aromatic carbocycles. The number of halogens is 1. The lowest BCUT2D eigenvalue weighted by Crippen LogP contribution is -2.03. The summed E-state index contributed by atoms with van der Waals surface area (Å²) in [6.45, 7) is 0.812. The SMILES string of the molecule is BrC1=C(COC2=CCCC2)CCCC1. The predicted molar refractivity (Wildman–Crippen MR) is 62.3 cm³/mol. The van der Waals surface area contributed by atoms with Crippen LogP contribution in [0.1, 0.15) is 44.9 Å². The molecule has 0 spiro atoms. The summed E-state index contributed by atoms with van der Waals surface area (Å²) in [5.41, 5.74) is 1.48. The van der Waals surface area contributed by atoms with Crippen molar-refractivity contribution < 1.29 is 4.74 Å². The third kappa shape index (κ3) is 2.63. The van der Waals surface area contributed by atoms with Gasteiger partial charge in [0.05, 0.1) is 5.76 Å². The van der Waals surface area contributed by atoms with Crippen LogP contribution in [0.3, 0.4) is 0 Å². The van der Waals surface area contributed by atoms with E-state index in [-0.39, 0.29) is 0 Å². The monoisotopic (exact) mass is 256 g/mol. The Hall–Kier alpha value is -0.240. The van der Waals surface area contributed by atoms with Crippen LogP contribution in [0.25, 0.3) is 0 Å². The van der Waals surface area contributed by atoms with Gasteiger partial charge in [-0.05, 0) is 54.7 Å². The number of rotatable bonds is 3. The molecule has 2 aliphatic carbocycles. The van der Waals surface area contributed by atoms with Gasteiger partial charge in [-0.1, -0.05) is 15.9 Å². The third-order valence-corrected chi connectivity index (χ3v) is 3.90. The minimum absolute atomic E-state index is 0.812. The van der Waals surface area contributed by atoms with Gasteiger partial charge in [-0.25, -0.2) is 0 Å². The standard InChI is InChI=1S/C12H17BrO/c13-12-8-4-1-5-10(12)9-14-11-6-2-3-7-11/h6H,1-5,7-9H2. The maximum atomic E-state index is 5.79. The fraction of sp³-hybridized carbons (Fsp3) is 0.667. The molecule has 0 radical (unpaired) electrons. The molecular formula is C12H17BrO. The Balaban J connectivity index is 1.84. The second-order valence-corrected chi connectivity index (χ2v) is 5.02. The van der Waals surface area contributed by atoms with Gasteiger partial charge >= 0.3 is 0 Å². The molecule has 0 aliphatic heterocycles. The van der Waals surface area contributed by atoms with Crippen LogP contribution in [0, 0.1) is 0 Å². The van der Waals surface area contributed by atoms with E-state index >= 15 is 0 Å². The Morgan fingerprint density at radius 2 is 2.00 bits per heavy atom. The zero-order valence-electron chi connectivity index (χ0n) is 8.52. The van der Waals surface area contributed by atoms with Gasteiger partial charge in [-0.15, -0.1) is 0 Å². The number of allylic oxidation sites excluding steroid dienone is 3. The minimum Gasteiger partial charge on any atom is -0.494 e. The van der Waals surface area contributed by atoms with Crippen molar-refractivity contribution >= 4 is 15.9 Å². The average molecular weight is 257 g/mol. The van der Waals surface area contributed by atoms with Crippen LogP contribution in [-0.4, -0.2) is 6.61 Å². The molecule has 0 atom stereocenters. The molecule has 0 aromatic rings. The topological polar surface area (TPSA) is 9.23 Å². The smallest absolute Gasteiger partial charge is 0.110 e. The highest BCUT2D eigenvalue weighted by molar-refractivity contribution is 9.11. The van der Waals surface area contributed by atoms with Crippen molar-refractivity contribution in [1.29, 1.82) is 0 Å². The number of hydrogen-bond donors (Lipinski definition) is 0. The van der Waals surface area contributed by atoms with Gasteiger partial charge in [0, 0.05) is 6.42 Å². The summed E-state index contributed by atoms with van der Waals surface area (Å²) in [5, 5.41) is 0. The summed E-state index contributed by atoms with van der Waals surface area (Å²) in [7, 11) is 0. The molecule has 0 saturated carbocycles. The van der Waals surface area contributed by atoms with Gasteiger partial charge in [0.25, 0.3) is 0 Å². The Labute approximate surface area is 94.3 Å². The van der Waals surface area contributed by atoms with E-state index in [2.05, 4.69) is 22.0 Å². The molecule has 2 heteroatoms. The molecule has 0 heterocycles. The summed E-state index contributed by atoms with van der Waals surface area (Å²) in [6, 6.07) is 0. The molecule has 2 rings (SSSR count). The molecular weight excluding hydrogens is 240 g/mol. The zero-order chi connectivity index (χ0) is 9.80. The molecule has 2 aliphatic rings. The van der Waals surface area contributed by atoms with Crippen molar-refractivity contribution in [1.82, 2.24) is 0 Å². The van der Waals surface area contributed by atoms with Crippen LogP contribution in [-0.2, 0) is 4.74 Å². The maximum absolute atomic E-state index is 5.79. The van der Waals surface area contributed by atoms with Gasteiger partial charge in [0.1, 0.15) is 6.61 Å². The Kier molecular flexibility index (Phi) is 3.68. The molecule has 78 valence electrons. The van der Waals surface area contributed by atoms with E-state index in [0.717, 1.165) is 13.0 Å². The highest BCUT2D eigenvalue weighted by atomic mass is 79.9. The van der Waals surface area contributed by atoms with Crippen molar-refractivity contribution in [3.05, 3.63) is 21.9 Å². The maximum Gasteiger partial charge on any atom is 0.110 e. The minimum atomic E-state index is 0.812. The summed E-state index contributed by atoms with van der Waals surface area (Å²) in [6.07, 6.45) is 10.9. The summed E-state index contributed by atoms with van der Waals surface area (Å²) < 4.78 is 7.18. The van der Waals surface area contributed by atoms with E-state index in [1.54, 1.807) is 0 Å². The van der Waals surface area contributed by atoms with Crippen molar-refractivity contribution in [2.24, 2.45) is 0 Å². The molecule has 0 N–H and O–H groups in total. The van der Waals surface area contributed by atoms with E-state index in [9.17, 15) is 0 Å². The summed E-state index contributed by atoms with van der Waals surface area (Å²) >= 11 is 3.64. The van der Waals surface area contributed by atoms with Crippen LogP contribution in [0.4, 0.5) is 0 Å². The Morgan fingerprint density at radius 3 is 2.71 bits per heavy atom. The Morgan fingerprint density at radius 1 is 1.14 bits per heavy atom. The first-order chi connectivity index (χ1) is 6.86. The fourth-order valence-corrected chi connectivity index (χ4v) is 2.63. The first-order valence-electron chi connectivity index (χ1n) is 5.54. The zero-order valence-corrected chi connectivity index (χ0v) is 10.1. The highest BCUT2D eigenvalue weighted by Gasteiger charge is 2.12. The molecule has 0 unspecified atom stereocenters. The highest BCUT2D eigenvalue weighted by Crippen LogP contribution is 2.30. The van der Waals surface area contributed by atoms with Gasteiger partial charge < -0.3 is 4.74 Å². The van der Waals surface area contributed by atoms with E-state index in [0.29, 0.717) is 0 Å². The van der Waals surface area contributed by atoms with E-state index in [1.807, 2.05) is 0 Å². The van der Waals surface area contributed by atoms with Crippen molar-refractivity contribution in [3.63, 3.8) is 0 Å². The van der Waals surface area contributed by atoms with Crippen LogP contribution in [0.15, 0.2) is 21.9 Å². The fourth-order valence-electron chi connectivity index (χ4n) is 2.03. The van der Waals surface area contributed by atoms with Crippen LogP contribution >= 0.6 is 15.9 Å². The summed E-state index contributed by atoms with van der Waals surface area (Å²) in [5.74, 6) is 1.21. The van der Waals surface area contributed by atoms with Crippen LogP contribution < -0.4 is 0 Å². The number of ether oxygens (including phenoxy) is 1. The van der Waals surface area contributed by atoms with Crippen LogP contribution in [0.5, 0.6) is 0 Å². The lowest BCUT2D eigenvalue weighted by molar-refractivity contribution is 0.228. The predicted octanol–water partition coefficient (Wildman–Crippen LogP) is 4.29. The first-order valence-corrected chi connectivity index (χ1v) is 6.34. The van der Waals surface area contributed by atoms with E-state index in [4.69, 9.17) is 4.74 Å². The second kappa shape index (κ2) is 5.01. The number of hydrogen-bond acceptors (Lipinski definition) is 1. The van der Waals surface area contributed by atoms with Crippen molar-refractivity contribution in [2.45, 2.75) is 44.9 Å². The second-order valence-electron chi connectivity index (χ2n) is 4.07. The van der Waals surface area contributed by atoms with E-state index in [1.165, 1.54) is 54.3 Å². The normalized spacial score (nSPS) is 22.5. The van der Waals surface area contributed by atoms with Crippen molar-refractivity contribution in [3.8, 4) is 0 Å². The molecule has 0 aromatic heterocycles. The molecule has 0 fully saturated rings. The molecule has 0 saturated heterocycles. The van der Waals surface area contributed by atoms with Crippen LogP contribution in [0.2, 0.25) is 0 Å². The van der Waals surface area contributed by atoms with Gasteiger partial charge in [0.15, 0.2) is 0 Å². The lowest BCUT2D eigenvalue weighted by Gasteiger charge is -2.17. The summed E-state index contributed by atoms with van der Waals surface area (Å²) in [4.78, 5) is 0. The third-order valence-electron chi connectivity index (χ3n) is 2.94. The van der Waals surface area contributed by atoms with Gasteiger partial charge in [-0.3, -0.25) is 0 Å². The molecule has 14 heavy (non-hydrogen) atoms. The first kappa shape index (κ1) is 10.3. The average Bonchev–Trinajstić information content (AvgIpc) is 2.69. The molecule has 0 amide bonds. The lowest BCUT2D eigenvalue weighted by atomic mass is 10.0. The van der Waals surface area contributed by atoms with Gasteiger partial charge in [0.2, 0.25) is 0 Å². The largest absolute Gasteiger partial charge is 0.494 e. The van der Waals surface area contributed by atoms with Crippen molar-refractivity contribution in [2.75, 3.05) is 6.61 Å². The van der Waals surface area contributed by atoms with E-state index < -0.39 is 0 Å².